The summed E-state index contributed by atoms with van der Waals surface area (Å²) in [6, 6.07) is 87.5. The minimum atomic E-state index is -3.68. The van der Waals surface area contributed by atoms with Crippen molar-refractivity contribution in [2.75, 3.05) is 4.90 Å². The maximum atomic E-state index is 2.38. The summed E-state index contributed by atoms with van der Waals surface area (Å²) in [5.74, 6) is 0. The Morgan fingerprint density at radius 1 is 0.286 bits per heavy atom. The van der Waals surface area contributed by atoms with Crippen molar-refractivity contribution in [2.24, 2.45) is 0 Å². The van der Waals surface area contributed by atoms with E-state index >= 15 is 0 Å². The van der Waals surface area contributed by atoms with Crippen molar-refractivity contribution >= 4 is 80.2 Å². The number of rotatable bonds is 8. The van der Waals surface area contributed by atoms with Crippen molar-refractivity contribution in [1.29, 1.82) is 0 Å². The number of benzene rings is 10. The van der Waals surface area contributed by atoms with Crippen LogP contribution in [0.1, 0.15) is 0 Å². The van der Waals surface area contributed by atoms with Crippen molar-refractivity contribution in [3.8, 4) is 11.1 Å². The molecule has 2 heteroatoms. The molecule has 56 heavy (non-hydrogen) atoms. The summed E-state index contributed by atoms with van der Waals surface area (Å²) in [5, 5.41) is 7.65. The minimum absolute atomic E-state index is 1.12. The van der Waals surface area contributed by atoms with E-state index in [0.29, 0.717) is 0 Å². The number of anilines is 3. The van der Waals surface area contributed by atoms with Gasteiger partial charge in [0.15, 0.2) is 0 Å². The van der Waals surface area contributed by atoms with Crippen molar-refractivity contribution in [1.82, 2.24) is 0 Å². The summed E-state index contributed by atoms with van der Waals surface area (Å²) in [7, 11) is 0. The fraction of sp³-hybridized carbons (Fsp3) is 0. The molecule has 1 nitrogen and oxygen atoms in total. The molecule has 0 spiro atoms. The molecule has 0 radical (unpaired) electrons. The molecule has 0 aliphatic rings. The number of hydrogen-bond donors (Lipinski definition) is 0. The van der Waals surface area contributed by atoms with E-state index in [1.54, 1.807) is 0 Å². The first-order chi connectivity index (χ1) is 27.8. The Morgan fingerprint density at radius 2 is 0.679 bits per heavy atom. The van der Waals surface area contributed by atoms with Crippen molar-refractivity contribution < 1.29 is 0 Å². The Labute approximate surface area is 331 Å². The standard InChI is InChI=1S/C54H39GeN/c1-5-22-42(23-6-1)55(43-24-7-2-8-25-43,44-26-9-3-10-27-44)54-50-33-17-15-31-48(50)53(49-32-16-18-34-51(49)54)41-36-38-46(39-37-41)56(45-28-11-4-12-29-45)52-35-19-21-40-20-13-14-30-47(40)52/h1-39H. The summed E-state index contributed by atoms with van der Waals surface area (Å²) in [6.07, 6.45) is 0. The fourth-order valence-electron chi connectivity index (χ4n) is 9.03. The molecule has 0 atom stereocenters. The third kappa shape index (κ3) is 5.63. The summed E-state index contributed by atoms with van der Waals surface area (Å²) in [5.41, 5.74) is 5.88. The zero-order valence-electron chi connectivity index (χ0n) is 31.0. The molecule has 0 aromatic heterocycles. The average molecular weight is 775 g/mol. The Balaban J connectivity index is 1.24. The van der Waals surface area contributed by atoms with Gasteiger partial charge in [-0.3, -0.25) is 0 Å². The molecule has 10 aromatic rings. The van der Waals surface area contributed by atoms with Gasteiger partial charge in [0.2, 0.25) is 0 Å². The number of fused-ring (bicyclic) bond motifs is 3. The van der Waals surface area contributed by atoms with Gasteiger partial charge < -0.3 is 0 Å². The fourth-order valence-corrected chi connectivity index (χ4v) is 19.9. The first-order valence-corrected chi connectivity index (χ1v) is 23.6. The van der Waals surface area contributed by atoms with E-state index in [1.807, 2.05) is 0 Å². The van der Waals surface area contributed by atoms with Crippen LogP contribution in [0.4, 0.5) is 17.1 Å². The molecule has 0 aliphatic carbocycles. The zero-order valence-corrected chi connectivity index (χ0v) is 33.1. The summed E-state index contributed by atoms with van der Waals surface area (Å²) in [6.45, 7) is 0. The van der Waals surface area contributed by atoms with Crippen LogP contribution >= 0.6 is 0 Å². The third-order valence-electron chi connectivity index (χ3n) is 11.4. The molecule has 0 unspecified atom stereocenters. The zero-order chi connectivity index (χ0) is 37.3. The van der Waals surface area contributed by atoms with Crippen molar-refractivity contribution in [3.05, 3.63) is 237 Å². The third-order valence-corrected chi connectivity index (χ3v) is 21.6. The predicted molar refractivity (Wildman–Crippen MR) is 243 cm³/mol. The molecule has 0 saturated heterocycles. The van der Waals surface area contributed by atoms with Gasteiger partial charge in [-0.25, -0.2) is 0 Å². The van der Waals surface area contributed by atoms with E-state index in [0.717, 1.165) is 17.1 Å². The van der Waals surface area contributed by atoms with Gasteiger partial charge in [0.05, 0.1) is 0 Å². The number of nitrogens with zero attached hydrogens (tertiary/aromatic N) is 1. The van der Waals surface area contributed by atoms with Gasteiger partial charge in [0.1, 0.15) is 0 Å². The van der Waals surface area contributed by atoms with Gasteiger partial charge in [0, 0.05) is 0 Å². The molecule has 0 N–H and O–H groups in total. The van der Waals surface area contributed by atoms with Crippen LogP contribution in [0.3, 0.4) is 0 Å². The first-order valence-electron chi connectivity index (χ1n) is 19.4. The van der Waals surface area contributed by atoms with E-state index in [1.165, 1.54) is 61.0 Å². The van der Waals surface area contributed by atoms with Crippen LogP contribution in [0, 0.1) is 0 Å². The van der Waals surface area contributed by atoms with E-state index < -0.39 is 13.3 Å². The van der Waals surface area contributed by atoms with Crippen LogP contribution in [0.15, 0.2) is 237 Å². The van der Waals surface area contributed by atoms with E-state index in [9.17, 15) is 0 Å². The summed E-state index contributed by atoms with van der Waals surface area (Å²) >= 11 is -3.68. The Hall–Kier alpha value is -6.68. The second-order valence-corrected chi connectivity index (χ2v) is 22.2. The van der Waals surface area contributed by atoms with Crippen LogP contribution in [-0.4, -0.2) is 13.3 Å². The Kier molecular flexibility index (Phi) is 8.78. The maximum absolute atomic E-state index is 3.68. The summed E-state index contributed by atoms with van der Waals surface area (Å²) < 4.78 is 5.75. The number of hydrogen-bond acceptors (Lipinski definition) is 1. The Morgan fingerprint density at radius 3 is 1.20 bits per heavy atom. The second-order valence-electron chi connectivity index (χ2n) is 14.4. The van der Waals surface area contributed by atoms with Gasteiger partial charge in [-0.1, -0.05) is 30.3 Å². The van der Waals surface area contributed by atoms with Gasteiger partial charge in [-0.15, -0.1) is 0 Å². The number of para-hydroxylation sites is 1. The molecule has 10 rings (SSSR count). The van der Waals surface area contributed by atoms with Crippen molar-refractivity contribution in [3.63, 3.8) is 0 Å². The first kappa shape index (κ1) is 33.9. The molecular weight excluding hydrogens is 735 g/mol. The average Bonchev–Trinajstić information content (AvgIpc) is 3.28. The quantitative estimate of drug-likeness (QED) is 0.110. The Bertz CT molecular complexity index is 2780. The normalized spacial score (nSPS) is 11.6. The molecule has 0 amide bonds. The molecule has 0 bridgehead atoms. The topological polar surface area (TPSA) is 3.24 Å². The predicted octanol–water partition coefficient (Wildman–Crippen LogP) is 11.7. The molecular formula is C54H39GeN. The SMILES string of the molecule is c1ccc(N(c2ccc(-c3c4ccccc4[c]([Ge]([c]4ccccc4)([c]4ccccc4)[c]4ccccc4)c4ccccc34)cc2)c2cccc3ccccc23)cc1. The molecule has 0 heterocycles. The van der Waals surface area contributed by atoms with Crippen LogP contribution in [0.2, 0.25) is 0 Å². The van der Waals surface area contributed by atoms with Gasteiger partial charge >= 0.3 is 303 Å². The van der Waals surface area contributed by atoms with Crippen LogP contribution in [0.25, 0.3) is 43.4 Å². The summed E-state index contributed by atoms with van der Waals surface area (Å²) in [4.78, 5) is 2.38. The second kappa shape index (κ2) is 14.5. The molecule has 0 fully saturated rings. The molecule has 0 aliphatic heterocycles. The van der Waals surface area contributed by atoms with E-state index in [-0.39, 0.29) is 0 Å². The van der Waals surface area contributed by atoms with Crippen molar-refractivity contribution in [2.45, 2.75) is 0 Å². The molecule has 264 valence electrons. The van der Waals surface area contributed by atoms with Gasteiger partial charge in [-0.2, -0.15) is 0 Å². The monoisotopic (exact) mass is 775 g/mol. The van der Waals surface area contributed by atoms with Crippen LogP contribution in [-0.2, 0) is 0 Å². The van der Waals surface area contributed by atoms with Gasteiger partial charge in [0.25, 0.3) is 0 Å². The molecule has 0 saturated carbocycles. The van der Waals surface area contributed by atoms with Crippen LogP contribution in [0.5, 0.6) is 0 Å². The van der Waals surface area contributed by atoms with Crippen LogP contribution < -0.4 is 22.5 Å². The van der Waals surface area contributed by atoms with E-state index in [2.05, 4.69) is 241 Å². The van der Waals surface area contributed by atoms with Gasteiger partial charge in [-0.05, 0) is 0 Å². The molecule has 10 aromatic carbocycles. The van der Waals surface area contributed by atoms with E-state index in [4.69, 9.17) is 0 Å².